The van der Waals surface area contributed by atoms with E-state index < -0.39 is 36.0 Å². The van der Waals surface area contributed by atoms with Crippen molar-refractivity contribution in [3.05, 3.63) is 59.9 Å². The van der Waals surface area contributed by atoms with Gasteiger partial charge in [0.1, 0.15) is 12.4 Å². The summed E-state index contributed by atoms with van der Waals surface area (Å²) in [6.45, 7) is 1.46. The van der Waals surface area contributed by atoms with Crippen LogP contribution in [0.15, 0.2) is 54.3 Å². The van der Waals surface area contributed by atoms with E-state index in [1.165, 1.54) is 19.3 Å². The molecule has 10 heteroatoms. The van der Waals surface area contributed by atoms with Gasteiger partial charge < -0.3 is 28.8 Å². The number of carbonyl (C=O) groups is 3. The fourth-order valence-corrected chi connectivity index (χ4v) is 3.76. The van der Waals surface area contributed by atoms with Crippen molar-refractivity contribution in [2.75, 3.05) is 46.8 Å². The summed E-state index contributed by atoms with van der Waals surface area (Å²) in [7, 11) is 1.29. The van der Waals surface area contributed by atoms with Crippen molar-refractivity contribution >= 4 is 17.8 Å². The number of methoxy groups -OCH3 is 1. The number of ether oxygens (including phenoxy) is 5. The van der Waals surface area contributed by atoms with Crippen molar-refractivity contribution in [3.63, 3.8) is 0 Å². The maximum atomic E-state index is 13.3. The van der Waals surface area contributed by atoms with Gasteiger partial charge in [-0.15, -0.1) is 0 Å². The van der Waals surface area contributed by atoms with Crippen molar-refractivity contribution in [2.24, 2.45) is 0 Å². The summed E-state index contributed by atoms with van der Waals surface area (Å²) in [4.78, 5) is 39.3. The Morgan fingerprint density at radius 2 is 1.89 bits per heavy atom. The van der Waals surface area contributed by atoms with Crippen molar-refractivity contribution in [1.29, 1.82) is 0 Å². The first-order valence-electron chi connectivity index (χ1n) is 11.5. The van der Waals surface area contributed by atoms with E-state index >= 15 is 0 Å². The molecule has 2 heterocycles. The zero-order valence-electron chi connectivity index (χ0n) is 19.7. The van der Waals surface area contributed by atoms with E-state index in [1.54, 1.807) is 6.08 Å². The van der Waals surface area contributed by atoms with E-state index in [1.807, 2.05) is 30.3 Å². The molecular formula is C25H31NO9. The van der Waals surface area contributed by atoms with Crippen LogP contribution in [0.25, 0.3) is 0 Å². The van der Waals surface area contributed by atoms with Crippen LogP contribution < -0.4 is 0 Å². The number of cyclic esters (lactones) is 1. The number of carbonyl (C=O) groups excluding carboxylic acids is 3. The summed E-state index contributed by atoms with van der Waals surface area (Å²) in [6, 6.07) is 8.93. The van der Waals surface area contributed by atoms with E-state index in [-0.39, 0.29) is 19.8 Å². The Kier molecular flexibility index (Phi) is 10.4. The van der Waals surface area contributed by atoms with Crippen LogP contribution in [0.2, 0.25) is 0 Å². The van der Waals surface area contributed by atoms with Gasteiger partial charge in [0.2, 0.25) is 0 Å². The van der Waals surface area contributed by atoms with Gasteiger partial charge in [0.15, 0.2) is 18.0 Å². The molecule has 0 spiro atoms. The summed E-state index contributed by atoms with van der Waals surface area (Å²) in [5.74, 6) is -0.726. The molecule has 190 valence electrons. The Hall–Kier alpha value is -3.05. The number of amides is 2. The summed E-state index contributed by atoms with van der Waals surface area (Å²) in [6.07, 6.45) is 2.18. The molecule has 2 aliphatic rings. The number of ketones is 1. The molecular weight excluding hydrogens is 458 g/mol. The molecule has 2 aliphatic heterocycles. The lowest BCUT2D eigenvalue weighted by atomic mass is 10.0. The van der Waals surface area contributed by atoms with Crippen molar-refractivity contribution in [1.82, 2.24) is 4.90 Å². The molecule has 35 heavy (non-hydrogen) atoms. The molecule has 0 aliphatic carbocycles. The smallest absolute Gasteiger partial charge is 0.417 e. The Morgan fingerprint density at radius 1 is 1.14 bits per heavy atom. The summed E-state index contributed by atoms with van der Waals surface area (Å²) in [5, 5.41) is 8.66. The van der Waals surface area contributed by atoms with Gasteiger partial charge in [0.25, 0.3) is 5.91 Å². The van der Waals surface area contributed by atoms with Gasteiger partial charge in [-0.1, -0.05) is 30.3 Å². The summed E-state index contributed by atoms with van der Waals surface area (Å²) >= 11 is 0. The van der Waals surface area contributed by atoms with Crippen LogP contribution in [0.3, 0.4) is 0 Å². The first kappa shape index (κ1) is 26.6. The largest absolute Gasteiger partial charge is 0.479 e. The normalized spacial score (nSPS) is 21.8. The van der Waals surface area contributed by atoms with Crippen LogP contribution >= 0.6 is 0 Å². The molecule has 1 saturated heterocycles. The Balaban J connectivity index is 1.60. The predicted octanol–water partition coefficient (Wildman–Crippen LogP) is 1.42. The SMILES string of the molecule is CO[C@H](C(=O)N1C(=O)OC[C@@H]1Cc1ccccc1)[C@H]1OC(=CCCOCCOCCO)C=CC1=O. The lowest BCUT2D eigenvalue weighted by Crippen LogP contribution is -2.53. The van der Waals surface area contributed by atoms with Crippen molar-refractivity contribution in [3.8, 4) is 0 Å². The van der Waals surface area contributed by atoms with Crippen molar-refractivity contribution in [2.45, 2.75) is 31.1 Å². The highest BCUT2D eigenvalue weighted by Gasteiger charge is 2.46. The topological polar surface area (TPSA) is 121 Å². The van der Waals surface area contributed by atoms with Gasteiger partial charge in [0.05, 0.1) is 39.1 Å². The van der Waals surface area contributed by atoms with Crippen LogP contribution in [-0.4, -0.2) is 92.8 Å². The zero-order chi connectivity index (χ0) is 25.0. The number of hydrogen-bond acceptors (Lipinski definition) is 9. The maximum absolute atomic E-state index is 13.3. The fraction of sp³-hybridized carbons (Fsp3) is 0.480. The number of imide groups is 1. The number of aliphatic hydroxyl groups is 1. The van der Waals surface area contributed by atoms with Crippen LogP contribution in [0.5, 0.6) is 0 Å². The molecule has 0 unspecified atom stereocenters. The minimum Gasteiger partial charge on any atom is -0.479 e. The highest BCUT2D eigenvalue weighted by atomic mass is 16.6. The number of benzene rings is 1. The third kappa shape index (κ3) is 7.46. The average molecular weight is 490 g/mol. The number of nitrogens with zero attached hydrogens (tertiary/aromatic N) is 1. The second-order valence-electron chi connectivity index (χ2n) is 7.90. The second-order valence-corrected chi connectivity index (χ2v) is 7.90. The summed E-state index contributed by atoms with van der Waals surface area (Å²) in [5.41, 5.74) is 0.947. The lowest BCUT2D eigenvalue weighted by molar-refractivity contribution is -0.153. The Bertz CT molecular complexity index is 915. The molecule has 1 aromatic rings. The predicted molar refractivity (Wildman–Crippen MR) is 123 cm³/mol. The maximum Gasteiger partial charge on any atom is 0.417 e. The molecule has 3 atom stereocenters. The summed E-state index contributed by atoms with van der Waals surface area (Å²) < 4.78 is 26.8. The van der Waals surface area contributed by atoms with Crippen LogP contribution in [-0.2, 0) is 39.7 Å². The third-order valence-corrected chi connectivity index (χ3v) is 5.46. The number of rotatable bonds is 13. The van der Waals surface area contributed by atoms with Gasteiger partial charge in [-0.3, -0.25) is 9.59 Å². The quantitative estimate of drug-likeness (QED) is 0.410. The van der Waals surface area contributed by atoms with Gasteiger partial charge in [-0.25, -0.2) is 9.69 Å². The minimum absolute atomic E-state index is 0.0345. The fourth-order valence-electron chi connectivity index (χ4n) is 3.76. The van der Waals surface area contributed by atoms with Crippen molar-refractivity contribution < 1.29 is 43.2 Å². The Morgan fingerprint density at radius 3 is 2.60 bits per heavy atom. The molecule has 0 saturated carbocycles. The molecule has 10 nitrogen and oxygen atoms in total. The van der Waals surface area contributed by atoms with E-state index in [9.17, 15) is 14.4 Å². The highest BCUT2D eigenvalue weighted by Crippen LogP contribution is 2.24. The number of aliphatic hydroxyl groups excluding tert-OH is 1. The minimum atomic E-state index is -1.32. The van der Waals surface area contributed by atoms with Gasteiger partial charge in [-0.2, -0.15) is 0 Å². The lowest BCUT2D eigenvalue weighted by Gasteiger charge is -2.30. The van der Waals surface area contributed by atoms with Crippen LogP contribution in [0, 0.1) is 0 Å². The van der Waals surface area contributed by atoms with Gasteiger partial charge >= 0.3 is 6.09 Å². The zero-order valence-corrected chi connectivity index (χ0v) is 19.7. The van der Waals surface area contributed by atoms with Gasteiger partial charge in [-0.05, 0) is 36.6 Å². The van der Waals surface area contributed by atoms with E-state index in [0.717, 1.165) is 10.5 Å². The molecule has 0 aromatic heterocycles. The standard InChI is InChI=1S/C25H31NO9/c1-31-23(24(29)26-19(17-34-25(26)30)16-18-6-3-2-4-7-18)22-21(28)10-9-20(35-22)8-5-12-32-14-15-33-13-11-27/h2-4,6-10,19,22-23,27H,5,11-17H2,1H3/t19-,22-,23-/m0/s1. The van der Waals surface area contributed by atoms with E-state index in [4.69, 9.17) is 28.8 Å². The van der Waals surface area contributed by atoms with Crippen LogP contribution in [0.1, 0.15) is 12.0 Å². The first-order chi connectivity index (χ1) is 17.0. The van der Waals surface area contributed by atoms with E-state index in [2.05, 4.69) is 0 Å². The highest BCUT2D eigenvalue weighted by molar-refractivity contribution is 6.03. The number of hydrogen-bond donors (Lipinski definition) is 1. The molecule has 2 amide bonds. The molecule has 1 aromatic carbocycles. The molecule has 1 N–H and O–H groups in total. The number of allylic oxidation sites excluding steroid dienone is 1. The Labute approximate surface area is 204 Å². The average Bonchev–Trinajstić information content (AvgIpc) is 3.23. The molecule has 0 radical (unpaired) electrons. The second kappa shape index (κ2) is 13.7. The van der Waals surface area contributed by atoms with Crippen LogP contribution in [0.4, 0.5) is 4.79 Å². The van der Waals surface area contributed by atoms with Gasteiger partial charge in [0, 0.05) is 7.11 Å². The monoisotopic (exact) mass is 489 g/mol. The molecule has 1 fully saturated rings. The third-order valence-electron chi connectivity index (χ3n) is 5.46. The molecule has 0 bridgehead atoms. The first-order valence-corrected chi connectivity index (χ1v) is 11.5. The van der Waals surface area contributed by atoms with E-state index in [0.29, 0.717) is 38.4 Å². The molecule has 3 rings (SSSR count).